The van der Waals surface area contributed by atoms with Crippen LogP contribution in [0.1, 0.15) is 30.7 Å². The molecule has 2 heteroatoms. The first-order chi connectivity index (χ1) is 8.33. The van der Waals surface area contributed by atoms with Crippen LogP contribution in [0.5, 0.6) is 0 Å². The van der Waals surface area contributed by atoms with Gasteiger partial charge in [-0.1, -0.05) is 30.3 Å². The molecule has 2 aliphatic rings. The lowest BCUT2D eigenvalue weighted by atomic mass is 9.99. The van der Waals surface area contributed by atoms with Gasteiger partial charge in [0.1, 0.15) is 0 Å². The SMILES string of the molecule is OC(CN1CCC(c2ccccc2)C1)C1CC1. The number of nitrogens with zero attached hydrogens (tertiary/aromatic N) is 1. The van der Waals surface area contributed by atoms with E-state index in [0.29, 0.717) is 11.8 Å². The molecule has 1 aromatic rings. The zero-order chi connectivity index (χ0) is 11.7. The number of rotatable bonds is 4. The third-order valence-electron chi connectivity index (χ3n) is 4.15. The van der Waals surface area contributed by atoms with E-state index >= 15 is 0 Å². The van der Waals surface area contributed by atoms with Gasteiger partial charge in [-0.25, -0.2) is 0 Å². The van der Waals surface area contributed by atoms with E-state index in [9.17, 15) is 5.11 Å². The first-order valence-electron chi connectivity index (χ1n) is 6.78. The fourth-order valence-electron chi connectivity index (χ4n) is 2.89. The summed E-state index contributed by atoms with van der Waals surface area (Å²) in [5.74, 6) is 1.27. The standard InChI is InChI=1S/C15H21NO/c17-15(13-6-7-13)11-16-9-8-14(10-16)12-4-2-1-3-5-12/h1-5,13-15,17H,6-11H2. The summed E-state index contributed by atoms with van der Waals surface area (Å²) >= 11 is 0. The van der Waals surface area contributed by atoms with Crippen molar-refractivity contribution in [3.05, 3.63) is 35.9 Å². The molecule has 0 amide bonds. The van der Waals surface area contributed by atoms with Gasteiger partial charge in [0.2, 0.25) is 0 Å². The molecule has 3 rings (SSSR count). The number of hydrogen-bond acceptors (Lipinski definition) is 2. The van der Waals surface area contributed by atoms with Gasteiger partial charge in [0.15, 0.2) is 0 Å². The highest BCUT2D eigenvalue weighted by molar-refractivity contribution is 5.21. The Morgan fingerprint density at radius 1 is 1.18 bits per heavy atom. The lowest BCUT2D eigenvalue weighted by Gasteiger charge is -2.19. The van der Waals surface area contributed by atoms with Gasteiger partial charge in [0.25, 0.3) is 0 Å². The lowest BCUT2D eigenvalue weighted by Crippen LogP contribution is -2.31. The molecule has 0 bridgehead atoms. The second-order valence-electron chi connectivity index (χ2n) is 5.56. The van der Waals surface area contributed by atoms with Crippen LogP contribution in [0.25, 0.3) is 0 Å². The van der Waals surface area contributed by atoms with Crippen molar-refractivity contribution in [1.29, 1.82) is 0 Å². The van der Waals surface area contributed by atoms with Gasteiger partial charge in [-0.3, -0.25) is 0 Å². The quantitative estimate of drug-likeness (QED) is 0.859. The van der Waals surface area contributed by atoms with Crippen LogP contribution < -0.4 is 0 Å². The Hall–Kier alpha value is -0.860. The largest absolute Gasteiger partial charge is 0.392 e. The van der Waals surface area contributed by atoms with Crippen molar-refractivity contribution in [2.75, 3.05) is 19.6 Å². The molecule has 1 aliphatic carbocycles. The Morgan fingerprint density at radius 2 is 1.94 bits per heavy atom. The Morgan fingerprint density at radius 3 is 2.65 bits per heavy atom. The number of β-amino-alcohol motifs (C(OH)–C–C–N with tert-alkyl or cyclic N) is 1. The smallest absolute Gasteiger partial charge is 0.0695 e. The topological polar surface area (TPSA) is 23.5 Å². The van der Waals surface area contributed by atoms with E-state index in [2.05, 4.69) is 35.2 Å². The van der Waals surface area contributed by atoms with Gasteiger partial charge in [-0.15, -0.1) is 0 Å². The number of aliphatic hydroxyl groups excluding tert-OH is 1. The summed E-state index contributed by atoms with van der Waals surface area (Å²) in [6.45, 7) is 3.14. The molecule has 1 aliphatic heterocycles. The molecular formula is C15H21NO. The van der Waals surface area contributed by atoms with Crippen LogP contribution in [0, 0.1) is 5.92 Å². The summed E-state index contributed by atoms with van der Waals surface area (Å²) in [4.78, 5) is 2.43. The molecule has 1 heterocycles. The van der Waals surface area contributed by atoms with E-state index < -0.39 is 0 Å². The molecule has 1 N–H and O–H groups in total. The zero-order valence-electron chi connectivity index (χ0n) is 10.3. The van der Waals surface area contributed by atoms with E-state index in [4.69, 9.17) is 0 Å². The van der Waals surface area contributed by atoms with E-state index in [0.717, 1.165) is 19.6 Å². The minimum absolute atomic E-state index is 0.0791. The van der Waals surface area contributed by atoms with Gasteiger partial charge >= 0.3 is 0 Å². The third kappa shape index (κ3) is 2.70. The van der Waals surface area contributed by atoms with Crippen molar-refractivity contribution >= 4 is 0 Å². The number of benzene rings is 1. The number of likely N-dealkylation sites (tertiary alicyclic amines) is 1. The van der Waals surface area contributed by atoms with E-state index in [1.807, 2.05) is 0 Å². The fraction of sp³-hybridized carbons (Fsp3) is 0.600. The van der Waals surface area contributed by atoms with Crippen molar-refractivity contribution in [2.24, 2.45) is 5.92 Å². The average molecular weight is 231 g/mol. The van der Waals surface area contributed by atoms with E-state index in [1.165, 1.54) is 24.8 Å². The summed E-state index contributed by atoms with van der Waals surface area (Å²) < 4.78 is 0. The van der Waals surface area contributed by atoms with Crippen LogP contribution in [0.2, 0.25) is 0 Å². The van der Waals surface area contributed by atoms with Gasteiger partial charge in [-0.05, 0) is 43.2 Å². The molecule has 2 fully saturated rings. The van der Waals surface area contributed by atoms with Gasteiger partial charge in [0.05, 0.1) is 6.10 Å². The van der Waals surface area contributed by atoms with Crippen molar-refractivity contribution < 1.29 is 5.11 Å². The summed E-state index contributed by atoms with van der Waals surface area (Å²) in [6.07, 6.45) is 3.62. The monoisotopic (exact) mass is 231 g/mol. The maximum atomic E-state index is 9.96. The number of hydrogen-bond donors (Lipinski definition) is 1. The summed E-state index contributed by atoms with van der Waals surface area (Å²) in [7, 11) is 0. The van der Waals surface area contributed by atoms with Gasteiger partial charge in [-0.2, -0.15) is 0 Å². The Bertz CT molecular complexity index is 360. The summed E-state index contributed by atoms with van der Waals surface area (Å²) in [5.41, 5.74) is 1.45. The molecule has 17 heavy (non-hydrogen) atoms. The highest BCUT2D eigenvalue weighted by Crippen LogP contribution is 2.34. The molecule has 0 aromatic heterocycles. The van der Waals surface area contributed by atoms with Crippen molar-refractivity contribution in [2.45, 2.75) is 31.3 Å². The van der Waals surface area contributed by atoms with E-state index in [1.54, 1.807) is 0 Å². The summed E-state index contributed by atoms with van der Waals surface area (Å²) in [5, 5.41) is 9.96. The Kier molecular flexibility index (Phi) is 3.17. The minimum Gasteiger partial charge on any atom is -0.392 e. The molecule has 1 saturated carbocycles. The molecule has 2 nitrogen and oxygen atoms in total. The molecule has 0 radical (unpaired) electrons. The Balaban J connectivity index is 1.54. The normalized spacial score (nSPS) is 27.2. The molecule has 1 saturated heterocycles. The average Bonchev–Trinajstić information content (AvgIpc) is 3.12. The van der Waals surface area contributed by atoms with Crippen LogP contribution >= 0.6 is 0 Å². The molecule has 0 spiro atoms. The molecule has 1 aromatic carbocycles. The second kappa shape index (κ2) is 4.79. The second-order valence-corrected chi connectivity index (χ2v) is 5.56. The predicted molar refractivity (Wildman–Crippen MR) is 69.0 cm³/mol. The summed E-state index contributed by atoms with van der Waals surface area (Å²) in [6, 6.07) is 10.8. The maximum Gasteiger partial charge on any atom is 0.0695 e. The van der Waals surface area contributed by atoms with Crippen LogP contribution in [0.3, 0.4) is 0 Å². The maximum absolute atomic E-state index is 9.96. The van der Waals surface area contributed by atoms with Gasteiger partial charge in [0, 0.05) is 13.1 Å². The fourth-order valence-corrected chi connectivity index (χ4v) is 2.89. The van der Waals surface area contributed by atoms with Crippen LogP contribution in [0.4, 0.5) is 0 Å². The van der Waals surface area contributed by atoms with E-state index in [-0.39, 0.29) is 6.10 Å². The number of aliphatic hydroxyl groups is 1. The van der Waals surface area contributed by atoms with Gasteiger partial charge < -0.3 is 10.0 Å². The zero-order valence-corrected chi connectivity index (χ0v) is 10.3. The molecule has 92 valence electrons. The lowest BCUT2D eigenvalue weighted by molar-refractivity contribution is 0.105. The van der Waals surface area contributed by atoms with Crippen LogP contribution in [0.15, 0.2) is 30.3 Å². The van der Waals surface area contributed by atoms with Crippen molar-refractivity contribution in [1.82, 2.24) is 4.90 Å². The van der Waals surface area contributed by atoms with Crippen LogP contribution in [-0.2, 0) is 0 Å². The molecular weight excluding hydrogens is 210 g/mol. The van der Waals surface area contributed by atoms with Crippen molar-refractivity contribution in [3.8, 4) is 0 Å². The first kappa shape index (κ1) is 11.2. The Labute approximate surface area is 103 Å². The minimum atomic E-state index is -0.0791. The molecule has 2 unspecified atom stereocenters. The third-order valence-corrected chi connectivity index (χ3v) is 4.15. The predicted octanol–water partition coefficient (Wildman–Crippen LogP) is 2.25. The first-order valence-corrected chi connectivity index (χ1v) is 6.78. The molecule has 2 atom stereocenters. The highest BCUT2D eigenvalue weighted by Gasteiger charge is 2.33. The van der Waals surface area contributed by atoms with Crippen molar-refractivity contribution in [3.63, 3.8) is 0 Å². The van der Waals surface area contributed by atoms with Crippen LogP contribution in [-0.4, -0.2) is 35.7 Å². The highest BCUT2D eigenvalue weighted by atomic mass is 16.3.